The van der Waals surface area contributed by atoms with E-state index in [-0.39, 0.29) is 22.5 Å². The Bertz CT molecular complexity index is 1360. The van der Waals surface area contributed by atoms with E-state index in [2.05, 4.69) is 15.7 Å². The highest BCUT2D eigenvalue weighted by atomic mass is 19.1. The van der Waals surface area contributed by atoms with Crippen molar-refractivity contribution in [3.8, 4) is 6.07 Å². The zero-order valence-electron chi connectivity index (χ0n) is 19.8. The smallest absolute Gasteiger partial charge is 0.293 e. The number of benzene rings is 1. The second-order valence-corrected chi connectivity index (χ2v) is 8.56. The lowest BCUT2D eigenvalue weighted by Gasteiger charge is -2.24. The number of aromatic nitrogens is 3. The minimum atomic E-state index is -0.848. The van der Waals surface area contributed by atoms with Crippen LogP contribution in [-0.2, 0) is 24.4 Å². The maximum absolute atomic E-state index is 13.6. The van der Waals surface area contributed by atoms with Crippen LogP contribution in [0.15, 0.2) is 30.6 Å². The fourth-order valence-corrected chi connectivity index (χ4v) is 3.78. The molecule has 2 heterocycles. The second-order valence-electron chi connectivity index (χ2n) is 8.56. The van der Waals surface area contributed by atoms with E-state index in [1.54, 1.807) is 64.9 Å². The second kappa shape index (κ2) is 8.94. The molecule has 0 radical (unpaired) electrons. The first-order valence-electron chi connectivity index (χ1n) is 10.4. The van der Waals surface area contributed by atoms with Gasteiger partial charge in [0.25, 0.3) is 17.6 Å². The molecule has 2 aromatic heterocycles. The fourth-order valence-electron chi connectivity index (χ4n) is 3.78. The summed E-state index contributed by atoms with van der Waals surface area (Å²) in [4.78, 5) is 39.0. The van der Waals surface area contributed by atoms with Gasteiger partial charge in [-0.1, -0.05) is 0 Å². The molecule has 1 aromatic carbocycles. The Morgan fingerprint density at radius 1 is 1.18 bits per heavy atom. The molecule has 10 heteroatoms. The number of hydrogen-bond acceptors (Lipinski definition) is 5. The summed E-state index contributed by atoms with van der Waals surface area (Å²) in [5.41, 5.74) is 0.976. The number of carbonyl (C=O) groups excluding carboxylic acids is 3. The largest absolute Gasteiger partial charge is 0.343 e. The van der Waals surface area contributed by atoms with E-state index >= 15 is 0 Å². The summed E-state index contributed by atoms with van der Waals surface area (Å²) in [5, 5.41) is 18.5. The maximum atomic E-state index is 13.6. The van der Waals surface area contributed by atoms with Gasteiger partial charge in [0.1, 0.15) is 17.6 Å². The number of rotatable bonds is 6. The highest BCUT2D eigenvalue weighted by molar-refractivity contribution is 6.43. The van der Waals surface area contributed by atoms with Crippen molar-refractivity contribution in [1.29, 1.82) is 5.26 Å². The molecule has 0 aliphatic rings. The standard InChI is InChI=1S/C24H25FN6O3/c1-13-19(21(32)23(34)29-24(3,4)16-11-27-30(5)12-16)14(2)31(6)20(13)22(33)28-17-7-8-18(25)15(9-17)10-26/h7-9,11-12H,1-6H3,(H,28,33)(H,29,34). The molecule has 0 aliphatic heterocycles. The minimum absolute atomic E-state index is 0.129. The molecule has 0 atom stereocenters. The predicted molar refractivity (Wildman–Crippen MR) is 123 cm³/mol. The van der Waals surface area contributed by atoms with Gasteiger partial charge in [0.15, 0.2) is 0 Å². The Hall–Kier alpha value is -4.26. The summed E-state index contributed by atoms with van der Waals surface area (Å²) in [6.07, 6.45) is 3.36. The number of anilines is 1. The first-order valence-corrected chi connectivity index (χ1v) is 10.4. The molecule has 0 unspecified atom stereocenters. The van der Waals surface area contributed by atoms with E-state index in [1.165, 1.54) is 16.7 Å². The Balaban J connectivity index is 1.88. The molecule has 0 saturated heterocycles. The van der Waals surface area contributed by atoms with Gasteiger partial charge in [-0.3, -0.25) is 19.1 Å². The zero-order chi connectivity index (χ0) is 25.4. The van der Waals surface area contributed by atoms with Crippen LogP contribution in [-0.4, -0.2) is 31.9 Å². The first kappa shape index (κ1) is 24.4. The Kier molecular flexibility index (Phi) is 6.41. The number of amides is 2. The number of ketones is 1. The number of nitrogens with zero attached hydrogens (tertiary/aromatic N) is 4. The van der Waals surface area contributed by atoms with Crippen LogP contribution in [0.2, 0.25) is 0 Å². The van der Waals surface area contributed by atoms with Gasteiger partial charge in [-0.15, -0.1) is 0 Å². The van der Waals surface area contributed by atoms with Crippen LogP contribution >= 0.6 is 0 Å². The highest BCUT2D eigenvalue weighted by Crippen LogP contribution is 2.25. The summed E-state index contributed by atoms with van der Waals surface area (Å²) >= 11 is 0. The summed E-state index contributed by atoms with van der Waals surface area (Å²) in [5.74, 6) is -2.83. The lowest BCUT2D eigenvalue weighted by Crippen LogP contribution is -2.44. The molecule has 3 aromatic rings. The summed E-state index contributed by atoms with van der Waals surface area (Å²) < 4.78 is 16.7. The van der Waals surface area contributed by atoms with Gasteiger partial charge in [-0.2, -0.15) is 10.4 Å². The number of aryl methyl sites for hydroxylation is 1. The van der Waals surface area contributed by atoms with Crippen LogP contribution in [0.25, 0.3) is 0 Å². The summed E-state index contributed by atoms with van der Waals surface area (Å²) in [6.45, 7) is 6.75. The van der Waals surface area contributed by atoms with E-state index < -0.39 is 29.0 Å². The van der Waals surface area contributed by atoms with Crippen LogP contribution in [0.4, 0.5) is 10.1 Å². The zero-order valence-corrected chi connectivity index (χ0v) is 19.8. The Morgan fingerprint density at radius 2 is 1.85 bits per heavy atom. The van der Waals surface area contributed by atoms with E-state index in [0.29, 0.717) is 11.3 Å². The van der Waals surface area contributed by atoms with Crippen molar-refractivity contribution >= 4 is 23.3 Å². The van der Waals surface area contributed by atoms with Crippen LogP contribution < -0.4 is 10.6 Å². The molecule has 34 heavy (non-hydrogen) atoms. The summed E-state index contributed by atoms with van der Waals surface area (Å²) in [6, 6.07) is 5.35. The summed E-state index contributed by atoms with van der Waals surface area (Å²) in [7, 11) is 3.36. The van der Waals surface area contributed by atoms with Gasteiger partial charge >= 0.3 is 0 Å². The van der Waals surface area contributed by atoms with Crippen molar-refractivity contribution in [3.05, 3.63) is 70.1 Å². The normalized spacial score (nSPS) is 11.1. The molecule has 0 aliphatic carbocycles. The molecule has 3 rings (SSSR count). The van der Waals surface area contributed by atoms with E-state index in [9.17, 15) is 18.8 Å². The molecule has 176 valence electrons. The topological polar surface area (TPSA) is 122 Å². The van der Waals surface area contributed by atoms with Crippen molar-refractivity contribution in [2.75, 3.05) is 5.32 Å². The molecule has 2 amide bonds. The van der Waals surface area contributed by atoms with Gasteiger partial charge in [0.05, 0.1) is 22.9 Å². The SMILES string of the molecule is Cc1c(C(=O)C(=O)NC(C)(C)c2cnn(C)c2)c(C)n(C)c1C(=O)Nc1ccc(F)c(C#N)c1. The number of nitriles is 1. The van der Waals surface area contributed by atoms with Crippen LogP contribution in [0, 0.1) is 31.0 Å². The lowest BCUT2D eigenvalue weighted by molar-refractivity contribution is -0.118. The number of hydrogen-bond donors (Lipinski definition) is 2. The lowest BCUT2D eigenvalue weighted by atomic mass is 9.96. The quantitative estimate of drug-likeness (QED) is 0.429. The number of Topliss-reactive ketones (excluding diaryl/α,β-unsaturated/α-hetero) is 1. The van der Waals surface area contributed by atoms with Crippen molar-refractivity contribution in [1.82, 2.24) is 19.7 Å². The Labute approximate surface area is 196 Å². The molecule has 0 fully saturated rings. The van der Waals surface area contributed by atoms with Crippen molar-refractivity contribution in [2.45, 2.75) is 33.2 Å². The minimum Gasteiger partial charge on any atom is -0.343 e. The predicted octanol–water partition coefficient (Wildman–Crippen LogP) is 2.87. The maximum Gasteiger partial charge on any atom is 0.293 e. The molecule has 2 N–H and O–H groups in total. The van der Waals surface area contributed by atoms with Gasteiger partial charge in [0.2, 0.25) is 0 Å². The molecule has 0 spiro atoms. The van der Waals surface area contributed by atoms with Crippen LogP contribution in [0.1, 0.15) is 57.1 Å². The Morgan fingerprint density at radius 3 is 2.44 bits per heavy atom. The van der Waals surface area contributed by atoms with Gasteiger partial charge in [0, 0.05) is 37.2 Å². The molecule has 0 saturated carbocycles. The molecule has 0 bridgehead atoms. The third-order valence-corrected chi connectivity index (χ3v) is 5.78. The average molecular weight is 465 g/mol. The molecule has 9 nitrogen and oxygen atoms in total. The van der Waals surface area contributed by atoms with E-state index in [1.807, 2.05) is 0 Å². The molecular weight excluding hydrogens is 439 g/mol. The van der Waals surface area contributed by atoms with E-state index in [0.717, 1.165) is 11.6 Å². The fraction of sp³-hybridized carbons (Fsp3) is 0.292. The third-order valence-electron chi connectivity index (χ3n) is 5.78. The van der Waals surface area contributed by atoms with Gasteiger partial charge in [-0.25, -0.2) is 4.39 Å². The van der Waals surface area contributed by atoms with Crippen molar-refractivity contribution < 1.29 is 18.8 Å². The highest BCUT2D eigenvalue weighted by Gasteiger charge is 2.32. The van der Waals surface area contributed by atoms with Crippen molar-refractivity contribution in [2.24, 2.45) is 14.1 Å². The van der Waals surface area contributed by atoms with Crippen LogP contribution in [0.3, 0.4) is 0 Å². The van der Waals surface area contributed by atoms with E-state index in [4.69, 9.17) is 5.26 Å². The van der Waals surface area contributed by atoms with Gasteiger partial charge in [-0.05, 0) is 51.5 Å². The van der Waals surface area contributed by atoms with Crippen LogP contribution in [0.5, 0.6) is 0 Å². The third kappa shape index (κ3) is 4.45. The first-order chi connectivity index (χ1) is 15.9. The average Bonchev–Trinajstić information content (AvgIpc) is 3.30. The number of nitrogens with one attached hydrogen (secondary N) is 2. The van der Waals surface area contributed by atoms with Crippen molar-refractivity contribution in [3.63, 3.8) is 0 Å². The monoisotopic (exact) mass is 464 g/mol. The molecular formula is C24H25FN6O3. The van der Waals surface area contributed by atoms with Gasteiger partial charge < -0.3 is 15.2 Å². The number of halogens is 1. The number of carbonyl (C=O) groups is 3.